The maximum Gasteiger partial charge on any atom is 0.311 e. The molecule has 0 unspecified atom stereocenters. The molecule has 2 heterocycles. The van der Waals surface area contributed by atoms with Crippen LogP contribution in [0, 0.1) is 0 Å². The zero-order chi connectivity index (χ0) is 14.5. The number of benzene rings is 2. The number of carbonyl (C=O) groups excluding carboxylic acids is 1. The van der Waals surface area contributed by atoms with E-state index in [1.807, 2.05) is 60.7 Å². The van der Waals surface area contributed by atoms with Gasteiger partial charge in [-0.05, 0) is 11.1 Å². The Morgan fingerprint density at radius 2 is 1.52 bits per heavy atom. The van der Waals surface area contributed by atoms with Crippen molar-refractivity contribution in [3.63, 3.8) is 0 Å². The summed E-state index contributed by atoms with van der Waals surface area (Å²) in [6.07, 6.45) is -0.853. The molecule has 1 N–H and O–H groups in total. The van der Waals surface area contributed by atoms with Crippen molar-refractivity contribution in [2.75, 3.05) is 0 Å². The quantitative estimate of drug-likeness (QED) is 0.676. The van der Waals surface area contributed by atoms with E-state index < -0.39 is 23.5 Å². The molecular formula is C17H14O4. The Hall–Kier alpha value is -2.17. The molecule has 0 amide bonds. The van der Waals surface area contributed by atoms with Crippen molar-refractivity contribution < 1.29 is 19.4 Å². The normalized spacial score (nSPS) is 34.0. The summed E-state index contributed by atoms with van der Waals surface area (Å²) in [4.78, 5) is 11.8. The third-order valence-electron chi connectivity index (χ3n) is 4.27. The van der Waals surface area contributed by atoms with Crippen molar-refractivity contribution in [1.29, 1.82) is 0 Å². The van der Waals surface area contributed by atoms with Gasteiger partial charge in [-0.15, -0.1) is 0 Å². The number of hydrogen-bond donors (Lipinski definition) is 1. The van der Waals surface area contributed by atoms with E-state index in [-0.39, 0.29) is 6.42 Å². The molecule has 21 heavy (non-hydrogen) atoms. The van der Waals surface area contributed by atoms with E-state index in [0.29, 0.717) is 5.56 Å². The number of aliphatic hydroxyl groups is 1. The Morgan fingerprint density at radius 1 is 0.952 bits per heavy atom. The topological polar surface area (TPSA) is 59.1 Å². The van der Waals surface area contributed by atoms with Crippen LogP contribution in [0.1, 0.15) is 17.5 Å². The fourth-order valence-electron chi connectivity index (χ4n) is 3.19. The second-order valence-corrected chi connectivity index (χ2v) is 5.44. The number of fused-ring (bicyclic) bond motifs is 1. The van der Waals surface area contributed by atoms with Crippen molar-refractivity contribution in [2.24, 2.45) is 0 Å². The highest BCUT2D eigenvalue weighted by Crippen LogP contribution is 2.62. The molecular weight excluding hydrogens is 268 g/mol. The molecule has 106 valence electrons. The lowest BCUT2D eigenvalue weighted by atomic mass is 9.73. The van der Waals surface area contributed by atoms with Crippen LogP contribution in [0.2, 0.25) is 0 Å². The maximum atomic E-state index is 11.8. The summed E-state index contributed by atoms with van der Waals surface area (Å²) in [5.74, 6) is -0.449. The number of hydrogen-bond acceptors (Lipinski definition) is 4. The monoisotopic (exact) mass is 282 g/mol. The Morgan fingerprint density at radius 3 is 2.14 bits per heavy atom. The Bertz CT molecular complexity index is 684. The average Bonchev–Trinajstić information content (AvgIpc) is 3.25. The summed E-state index contributed by atoms with van der Waals surface area (Å²) in [7, 11) is 0. The van der Waals surface area contributed by atoms with Gasteiger partial charge in [0.2, 0.25) is 6.29 Å². The molecule has 0 aliphatic carbocycles. The zero-order valence-corrected chi connectivity index (χ0v) is 11.2. The van der Waals surface area contributed by atoms with Crippen LogP contribution in [0.3, 0.4) is 0 Å². The molecule has 0 aromatic heterocycles. The molecule has 2 fully saturated rings. The first-order chi connectivity index (χ1) is 10.2. The van der Waals surface area contributed by atoms with E-state index in [2.05, 4.69) is 0 Å². The van der Waals surface area contributed by atoms with Crippen molar-refractivity contribution >= 4 is 5.97 Å². The van der Waals surface area contributed by atoms with Crippen molar-refractivity contribution in [3.05, 3.63) is 71.8 Å². The second-order valence-electron chi connectivity index (χ2n) is 5.44. The predicted molar refractivity (Wildman–Crippen MR) is 74.0 cm³/mol. The van der Waals surface area contributed by atoms with Crippen LogP contribution >= 0.6 is 0 Å². The smallest absolute Gasteiger partial charge is 0.311 e. The van der Waals surface area contributed by atoms with E-state index in [1.165, 1.54) is 0 Å². The summed E-state index contributed by atoms with van der Waals surface area (Å²) in [5, 5.41) is 11.3. The first-order valence-corrected chi connectivity index (χ1v) is 6.87. The first-order valence-electron chi connectivity index (χ1n) is 6.87. The molecule has 0 spiro atoms. The molecule has 3 atom stereocenters. The summed E-state index contributed by atoms with van der Waals surface area (Å²) in [6.45, 7) is 0. The molecule has 2 aromatic carbocycles. The molecule has 2 aliphatic rings. The zero-order valence-electron chi connectivity index (χ0n) is 11.2. The Balaban J connectivity index is 1.89. The molecule has 4 rings (SSSR count). The van der Waals surface area contributed by atoms with Crippen LogP contribution in [0.15, 0.2) is 60.7 Å². The van der Waals surface area contributed by atoms with Gasteiger partial charge in [-0.3, -0.25) is 4.79 Å². The van der Waals surface area contributed by atoms with E-state index in [4.69, 9.17) is 9.47 Å². The van der Waals surface area contributed by atoms with Gasteiger partial charge >= 0.3 is 5.97 Å². The fraction of sp³-hybridized carbons (Fsp3) is 0.235. The van der Waals surface area contributed by atoms with Gasteiger partial charge in [-0.25, -0.2) is 0 Å². The largest absolute Gasteiger partial charge is 0.432 e. The van der Waals surface area contributed by atoms with Gasteiger partial charge in [0.05, 0.1) is 6.42 Å². The minimum Gasteiger partial charge on any atom is -0.432 e. The number of epoxide rings is 1. The highest BCUT2D eigenvalue weighted by molar-refractivity contribution is 5.74. The number of rotatable bonds is 2. The lowest BCUT2D eigenvalue weighted by Gasteiger charge is -2.36. The van der Waals surface area contributed by atoms with E-state index in [9.17, 15) is 9.90 Å². The SMILES string of the molecule is O=C1C[C@@](O)(c2ccccc2)[C@]2(c3ccccc3)O[C@H]2O1. The molecule has 4 heteroatoms. The summed E-state index contributed by atoms with van der Waals surface area (Å²) in [5.41, 5.74) is -0.957. The summed E-state index contributed by atoms with van der Waals surface area (Å²) in [6, 6.07) is 18.6. The molecule has 0 radical (unpaired) electrons. The first kappa shape index (κ1) is 12.6. The lowest BCUT2D eigenvalue weighted by molar-refractivity contribution is -0.165. The molecule has 2 aromatic rings. The predicted octanol–water partition coefficient (Wildman–Crippen LogP) is 2.07. The molecule has 2 aliphatic heterocycles. The van der Waals surface area contributed by atoms with Gasteiger partial charge in [0.25, 0.3) is 0 Å². The van der Waals surface area contributed by atoms with Crippen LogP contribution in [0.4, 0.5) is 0 Å². The van der Waals surface area contributed by atoms with Gasteiger partial charge in [0.1, 0.15) is 5.60 Å². The molecule has 4 nitrogen and oxygen atoms in total. The number of ether oxygens (including phenoxy) is 2. The van der Waals surface area contributed by atoms with Crippen molar-refractivity contribution in [1.82, 2.24) is 0 Å². The van der Waals surface area contributed by atoms with E-state index >= 15 is 0 Å². The number of esters is 1. The molecule has 0 bridgehead atoms. The third kappa shape index (κ3) is 1.60. The standard InChI is InChI=1S/C17H14O4/c18-14-11-16(19,12-7-3-1-4-8-12)17(15(20-14)21-17)13-9-5-2-6-10-13/h1-10,15,19H,11H2/t15-,16-,17-/m1/s1. The van der Waals surface area contributed by atoms with Crippen LogP contribution < -0.4 is 0 Å². The summed E-state index contributed by atoms with van der Waals surface area (Å²) < 4.78 is 10.9. The fourth-order valence-corrected chi connectivity index (χ4v) is 3.19. The summed E-state index contributed by atoms with van der Waals surface area (Å²) >= 11 is 0. The Labute approximate surface area is 121 Å². The van der Waals surface area contributed by atoms with Crippen LogP contribution in [0.25, 0.3) is 0 Å². The van der Waals surface area contributed by atoms with E-state index in [1.54, 1.807) is 0 Å². The van der Waals surface area contributed by atoms with Crippen molar-refractivity contribution in [3.8, 4) is 0 Å². The number of carbonyl (C=O) groups is 1. The molecule has 0 saturated carbocycles. The second kappa shape index (κ2) is 4.16. The van der Waals surface area contributed by atoms with Crippen LogP contribution in [-0.4, -0.2) is 17.4 Å². The van der Waals surface area contributed by atoms with Crippen LogP contribution in [0.5, 0.6) is 0 Å². The Kier molecular flexibility index (Phi) is 2.49. The van der Waals surface area contributed by atoms with Gasteiger partial charge in [0.15, 0.2) is 5.60 Å². The van der Waals surface area contributed by atoms with Gasteiger partial charge in [-0.1, -0.05) is 60.7 Å². The highest BCUT2D eigenvalue weighted by Gasteiger charge is 2.76. The van der Waals surface area contributed by atoms with Gasteiger partial charge in [-0.2, -0.15) is 0 Å². The maximum absolute atomic E-state index is 11.8. The van der Waals surface area contributed by atoms with Crippen LogP contribution in [-0.2, 0) is 25.5 Å². The molecule has 2 saturated heterocycles. The highest BCUT2D eigenvalue weighted by atomic mass is 16.8. The minimum absolute atomic E-state index is 0.123. The third-order valence-corrected chi connectivity index (χ3v) is 4.27. The average molecular weight is 282 g/mol. The van der Waals surface area contributed by atoms with Gasteiger partial charge < -0.3 is 14.6 Å². The van der Waals surface area contributed by atoms with Gasteiger partial charge in [0, 0.05) is 0 Å². The lowest BCUT2D eigenvalue weighted by Crippen LogP contribution is -2.48. The van der Waals surface area contributed by atoms with E-state index in [0.717, 1.165) is 5.56 Å². The van der Waals surface area contributed by atoms with Crippen molar-refractivity contribution in [2.45, 2.75) is 23.9 Å². The minimum atomic E-state index is -1.42.